The summed E-state index contributed by atoms with van der Waals surface area (Å²) in [5.74, 6) is 2.18. The van der Waals surface area contributed by atoms with Crippen LogP contribution in [0.5, 0.6) is 0 Å². The minimum absolute atomic E-state index is 0.154. The molecule has 1 saturated carbocycles. The molecule has 0 N–H and O–H groups in total. The lowest BCUT2D eigenvalue weighted by Gasteiger charge is -2.16. The monoisotopic (exact) mass is 259 g/mol. The third-order valence-corrected chi connectivity index (χ3v) is 4.36. The number of benzene rings is 1. The normalized spacial score (nSPS) is 26.5. The predicted octanol–water partition coefficient (Wildman–Crippen LogP) is 3.30. The molecule has 2 atom stereocenters. The molecule has 3 heteroatoms. The molecule has 2 aliphatic rings. The third kappa shape index (κ3) is 2.91. The maximum absolute atomic E-state index is 12.1. The number of hydrogen-bond donors (Lipinski definition) is 0. The SMILES string of the molecule is C[C@@H]1CN(C(=O)OCc2ccccc2)C[C@@H]1C1CC1. The van der Waals surface area contributed by atoms with E-state index in [4.69, 9.17) is 4.74 Å². The Morgan fingerprint density at radius 3 is 2.68 bits per heavy atom. The summed E-state index contributed by atoms with van der Waals surface area (Å²) in [6.45, 7) is 4.38. The number of amides is 1. The predicted molar refractivity (Wildman–Crippen MR) is 73.6 cm³/mol. The molecule has 1 aliphatic heterocycles. The van der Waals surface area contributed by atoms with Crippen LogP contribution >= 0.6 is 0 Å². The standard InChI is InChI=1S/C16H21NO2/c1-12-9-17(10-15(12)14-7-8-14)16(18)19-11-13-5-3-2-4-6-13/h2-6,12,14-15H,7-11H2,1H3/t12-,15+/m1/s1. The zero-order valence-electron chi connectivity index (χ0n) is 11.4. The molecule has 0 spiro atoms. The Hall–Kier alpha value is -1.51. The summed E-state index contributed by atoms with van der Waals surface area (Å²) in [4.78, 5) is 13.9. The van der Waals surface area contributed by atoms with Crippen LogP contribution < -0.4 is 0 Å². The van der Waals surface area contributed by atoms with E-state index in [0.717, 1.165) is 24.6 Å². The molecule has 3 rings (SSSR count). The second kappa shape index (κ2) is 5.24. The fourth-order valence-corrected chi connectivity index (χ4v) is 3.09. The van der Waals surface area contributed by atoms with Crippen LogP contribution in [-0.2, 0) is 11.3 Å². The van der Waals surface area contributed by atoms with E-state index in [0.29, 0.717) is 18.4 Å². The van der Waals surface area contributed by atoms with Crippen LogP contribution in [0.3, 0.4) is 0 Å². The molecule has 1 aliphatic carbocycles. The summed E-state index contributed by atoms with van der Waals surface area (Å²) in [5.41, 5.74) is 1.04. The highest BCUT2D eigenvalue weighted by molar-refractivity contribution is 5.68. The molecule has 1 aromatic carbocycles. The molecule has 0 aromatic heterocycles. The summed E-state index contributed by atoms with van der Waals surface area (Å²) in [6, 6.07) is 9.85. The first-order valence-electron chi connectivity index (χ1n) is 7.19. The van der Waals surface area contributed by atoms with Crippen molar-refractivity contribution in [3.8, 4) is 0 Å². The van der Waals surface area contributed by atoms with Crippen molar-refractivity contribution in [2.75, 3.05) is 13.1 Å². The summed E-state index contributed by atoms with van der Waals surface area (Å²) in [7, 11) is 0. The van der Waals surface area contributed by atoms with Gasteiger partial charge in [-0.1, -0.05) is 37.3 Å². The van der Waals surface area contributed by atoms with Crippen molar-refractivity contribution in [1.29, 1.82) is 0 Å². The number of rotatable bonds is 3. The molecule has 102 valence electrons. The number of nitrogens with zero attached hydrogens (tertiary/aromatic N) is 1. The number of likely N-dealkylation sites (tertiary alicyclic amines) is 1. The van der Waals surface area contributed by atoms with Gasteiger partial charge in [0, 0.05) is 13.1 Å². The number of carbonyl (C=O) groups excluding carboxylic acids is 1. The van der Waals surface area contributed by atoms with E-state index in [1.807, 2.05) is 35.2 Å². The van der Waals surface area contributed by atoms with Crippen molar-refractivity contribution in [2.45, 2.75) is 26.4 Å². The van der Waals surface area contributed by atoms with E-state index in [2.05, 4.69) is 6.92 Å². The first kappa shape index (κ1) is 12.5. The fourth-order valence-electron chi connectivity index (χ4n) is 3.09. The molecule has 1 heterocycles. The third-order valence-electron chi connectivity index (χ3n) is 4.36. The summed E-state index contributed by atoms with van der Waals surface area (Å²) < 4.78 is 5.40. The Balaban J connectivity index is 1.51. The Bertz CT molecular complexity index is 441. The molecular formula is C16H21NO2. The quantitative estimate of drug-likeness (QED) is 0.833. The van der Waals surface area contributed by atoms with Gasteiger partial charge in [0.15, 0.2) is 0 Å². The zero-order chi connectivity index (χ0) is 13.2. The zero-order valence-corrected chi connectivity index (χ0v) is 11.4. The average Bonchev–Trinajstić information content (AvgIpc) is 3.20. The highest BCUT2D eigenvalue weighted by Gasteiger charge is 2.42. The van der Waals surface area contributed by atoms with E-state index in [9.17, 15) is 4.79 Å². The van der Waals surface area contributed by atoms with E-state index >= 15 is 0 Å². The second-order valence-electron chi connectivity index (χ2n) is 5.92. The van der Waals surface area contributed by atoms with Gasteiger partial charge in [-0.2, -0.15) is 0 Å². The molecule has 19 heavy (non-hydrogen) atoms. The smallest absolute Gasteiger partial charge is 0.410 e. The van der Waals surface area contributed by atoms with Crippen LogP contribution in [0, 0.1) is 17.8 Å². The van der Waals surface area contributed by atoms with Gasteiger partial charge in [0.2, 0.25) is 0 Å². The summed E-state index contributed by atoms with van der Waals surface area (Å²) in [5, 5.41) is 0. The molecule has 1 aromatic rings. The molecule has 1 saturated heterocycles. The first-order valence-corrected chi connectivity index (χ1v) is 7.19. The van der Waals surface area contributed by atoms with Crippen LogP contribution in [0.15, 0.2) is 30.3 Å². The van der Waals surface area contributed by atoms with Crippen molar-refractivity contribution < 1.29 is 9.53 Å². The van der Waals surface area contributed by atoms with Gasteiger partial charge in [-0.25, -0.2) is 4.79 Å². The van der Waals surface area contributed by atoms with E-state index in [-0.39, 0.29) is 6.09 Å². The highest BCUT2D eigenvalue weighted by atomic mass is 16.6. The maximum Gasteiger partial charge on any atom is 0.410 e. The van der Waals surface area contributed by atoms with Crippen LogP contribution in [-0.4, -0.2) is 24.1 Å². The topological polar surface area (TPSA) is 29.5 Å². The van der Waals surface area contributed by atoms with Crippen LogP contribution in [0.1, 0.15) is 25.3 Å². The molecule has 0 unspecified atom stereocenters. The molecule has 3 nitrogen and oxygen atoms in total. The number of hydrogen-bond acceptors (Lipinski definition) is 2. The highest BCUT2D eigenvalue weighted by Crippen LogP contribution is 2.43. The van der Waals surface area contributed by atoms with E-state index in [1.165, 1.54) is 12.8 Å². The Morgan fingerprint density at radius 1 is 1.26 bits per heavy atom. The largest absolute Gasteiger partial charge is 0.445 e. The molecular weight excluding hydrogens is 238 g/mol. The van der Waals surface area contributed by atoms with Gasteiger partial charge >= 0.3 is 6.09 Å². The van der Waals surface area contributed by atoms with Crippen molar-refractivity contribution in [3.63, 3.8) is 0 Å². The van der Waals surface area contributed by atoms with Gasteiger partial charge < -0.3 is 9.64 Å². The van der Waals surface area contributed by atoms with Crippen molar-refractivity contribution >= 4 is 6.09 Å². The summed E-state index contributed by atoms with van der Waals surface area (Å²) in [6.07, 6.45) is 2.54. The fraction of sp³-hybridized carbons (Fsp3) is 0.562. The first-order chi connectivity index (χ1) is 9.24. The van der Waals surface area contributed by atoms with E-state index < -0.39 is 0 Å². The second-order valence-corrected chi connectivity index (χ2v) is 5.92. The number of ether oxygens (including phenoxy) is 1. The Labute approximate surface area is 114 Å². The van der Waals surface area contributed by atoms with Gasteiger partial charge in [-0.15, -0.1) is 0 Å². The minimum atomic E-state index is -0.154. The lowest BCUT2D eigenvalue weighted by molar-refractivity contribution is 0.102. The summed E-state index contributed by atoms with van der Waals surface area (Å²) >= 11 is 0. The number of carbonyl (C=O) groups is 1. The molecule has 1 amide bonds. The molecule has 2 fully saturated rings. The van der Waals surface area contributed by atoms with Crippen molar-refractivity contribution in [3.05, 3.63) is 35.9 Å². The van der Waals surface area contributed by atoms with Crippen molar-refractivity contribution in [1.82, 2.24) is 4.90 Å². The van der Waals surface area contributed by atoms with Crippen LogP contribution in [0.25, 0.3) is 0 Å². The van der Waals surface area contributed by atoms with Gasteiger partial charge in [-0.05, 0) is 36.2 Å². The minimum Gasteiger partial charge on any atom is -0.445 e. The molecule has 0 radical (unpaired) electrons. The van der Waals surface area contributed by atoms with Gasteiger partial charge in [0.1, 0.15) is 6.61 Å². The van der Waals surface area contributed by atoms with Gasteiger partial charge in [0.05, 0.1) is 0 Å². The Morgan fingerprint density at radius 2 is 2.00 bits per heavy atom. The molecule has 0 bridgehead atoms. The van der Waals surface area contributed by atoms with Crippen LogP contribution in [0.4, 0.5) is 4.79 Å². The van der Waals surface area contributed by atoms with Crippen molar-refractivity contribution in [2.24, 2.45) is 17.8 Å². The van der Waals surface area contributed by atoms with Gasteiger partial charge in [-0.3, -0.25) is 0 Å². The van der Waals surface area contributed by atoms with Gasteiger partial charge in [0.25, 0.3) is 0 Å². The lowest BCUT2D eigenvalue weighted by atomic mass is 9.93. The van der Waals surface area contributed by atoms with E-state index in [1.54, 1.807) is 0 Å². The average molecular weight is 259 g/mol. The van der Waals surface area contributed by atoms with Crippen LogP contribution in [0.2, 0.25) is 0 Å². The lowest BCUT2D eigenvalue weighted by Crippen LogP contribution is -2.29. The Kier molecular flexibility index (Phi) is 3.45. The maximum atomic E-state index is 12.1.